The summed E-state index contributed by atoms with van der Waals surface area (Å²) >= 11 is 0. The quantitative estimate of drug-likeness (QED) is 0.801. The highest BCUT2D eigenvalue weighted by molar-refractivity contribution is 5.85. The normalized spacial score (nSPS) is 26.4. The smallest absolute Gasteiger partial charge is 0.314 e. The molecule has 0 N–H and O–H groups in total. The van der Waals surface area contributed by atoms with Gasteiger partial charge in [0.05, 0.1) is 12.0 Å². The molecule has 0 aromatic heterocycles. The molecule has 1 amide bonds. The second-order valence-electron chi connectivity index (χ2n) is 6.29. The number of amides is 1. The molecule has 0 radical (unpaired) electrons. The van der Waals surface area contributed by atoms with Gasteiger partial charge in [-0.25, -0.2) is 0 Å². The maximum Gasteiger partial charge on any atom is 0.314 e. The van der Waals surface area contributed by atoms with E-state index in [1.165, 1.54) is 0 Å². The first kappa shape index (κ1) is 17.4. The van der Waals surface area contributed by atoms with E-state index in [1.54, 1.807) is 0 Å². The molecule has 2 atom stereocenters. The first-order valence-corrected chi connectivity index (χ1v) is 8.18. The minimum absolute atomic E-state index is 0. The maximum atomic E-state index is 12.5. The summed E-state index contributed by atoms with van der Waals surface area (Å²) < 4.78 is 5.34. The summed E-state index contributed by atoms with van der Waals surface area (Å²) in [7, 11) is 0. The van der Waals surface area contributed by atoms with E-state index in [4.69, 9.17) is 4.74 Å². The minimum atomic E-state index is -0.474. The molecule has 4 nitrogen and oxygen atoms in total. The van der Waals surface area contributed by atoms with Gasteiger partial charge in [-0.05, 0) is 31.7 Å². The van der Waals surface area contributed by atoms with Crippen LogP contribution in [0.3, 0.4) is 0 Å². The summed E-state index contributed by atoms with van der Waals surface area (Å²) in [4.78, 5) is 26.9. The van der Waals surface area contributed by atoms with Crippen LogP contribution in [0.2, 0.25) is 0 Å². The molecule has 0 bridgehead atoms. The molecule has 1 aliphatic carbocycles. The number of nitrogens with zero attached hydrogens (tertiary/aromatic N) is 1. The summed E-state index contributed by atoms with van der Waals surface area (Å²) in [5.74, 6) is 0.0544. The van der Waals surface area contributed by atoms with E-state index in [1.807, 2.05) is 42.2 Å². The molecule has 2 fully saturated rings. The van der Waals surface area contributed by atoms with Crippen LogP contribution >= 0.6 is 0 Å². The van der Waals surface area contributed by atoms with Crippen molar-refractivity contribution in [2.45, 2.75) is 51.6 Å². The summed E-state index contributed by atoms with van der Waals surface area (Å²) in [6.45, 7) is 2.83. The predicted molar refractivity (Wildman–Crippen MR) is 85.4 cm³/mol. The van der Waals surface area contributed by atoms with Crippen LogP contribution < -0.4 is 0 Å². The van der Waals surface area contributed by atoms with Crippen LogP contribution in [0.15, 0.2) is 30.3 Å². The van der Waals surface area contributed by atoms with E-state index in [2.05, 4.69) is 0 Å². The number of benzene rings is 1. The minimum Gasteiger partial charge on any atom is -0.466 e. The lowest BCUT2D eigenvalue weighted by Crippen LogP contribution is -2.55. The highest BCUT2D eigenvalue weighted by Gasteiger charge is 2.55. The molecule has 23 heavy (non-hydrogen) atoms. The van der Waals surface area contributed by atoms with Crippen LogP contribution in [-0.2, 0) is 20.9 Å². The molecular formula is C18H24FNO3. The van der Waals surface area contributed by atoms with Crippen molar-refractivity contribution in [3.8, 4) is 0 Å². The van der Waals surface area contributed by atoms with Gasteiger partial charge in [-0.3, -0.25) is 14.3 Å². The van der Waals surface area contributed by atoms with Gasteiger partial charge in [-0.1, -0.05) is 36.8 Å². The fraction of sp³-hybridized carbons (Fsp3) is 0.556. The molecule has 1 aromatic carbocycles. The zero-order valence-electron chi connectivity index (χ0n) is 13.5. The molecule has 0 unspecified atom stereocenters. The van der Waals surface area contributed by atoms with E-state index < -0.39 is 5.41 Å². The second kappa shape index (κ2) is 7.11. The zero-order chi connectivity index (χ0) is 15.6. The highest BCUT2D eigenvalue weighted by Crippen LogP contribution is 2.49. The van der Waals surface area contributed by atoms with Gasteiger partial charge in [-0.2, -0.15) is 0 Å². The highest BCUT2D eigenvalue weighted by atomic mass is 19.0. The largest absolute Gasteiger partial charge is 0.466 e. The lowest BCUT2D eigenvalue weighted by molar-refractivity contribution is -0.166. The van der Waals surface area contributed by atoms with E-state index in [-0.39, 0.29) is 22.6 Å². The van der Waals surface area contributed by atoms with Crippen LogP contribution in [0.4, 0.5) is 4.70 Å². The maximum absolute atomic E-state index is 12.5. The molecule has 3 rings (SSSR count). The van der Waals surface area contributed by atoms with Gasteiger partial charge < -0.3 is 9.64 Å². The Morgan fingerprint density at radius 3 is 2.74 bits per heavy atom. The number of carbonyl (C=O) groups excluding carboxylic acids is 2. The van der Waals surface area contributed by atoms with Crippen molar-refractivity contribution in [1.82, 2.24) is 4.90 Å². The van der Waals surface area contributed by atoms with Crippen LogP contribution in [0.1, 0.15) is 44.6 Å². The summed E-state index contributed by atoms with van der Waals surface area (Å²) in [6.07, 6.45) is 3.82. The van der Waals surface area contributed by atoms with Crippen LogP contribution in [0, 0.1) is 5.41 Å². The molecule has 1 heterocycles. The third-order valence-electron chi connectivity index (χ3n) is 5.10. The van der Waals surface area contributed by atoms with Crippen molar-refractivity contribution in [2.24, 2.45) is 5.41 Å². The Labute approximate surface area is 136 Å². The number of ether oxygens (including phenoxy) is 1. The molecule has 1 saturated heterocycles. The molecular weight excluding hydrogens is 297 g/mol. The number of carbonyl (C=O) groups is 2. The fourth-order valence-corrected chi connectivity index (χ4v) is 4.04. The average Bonchev–Trinajstić information content (AvgIpc) is 2.97. The van der Waals surface area contributed by atoms with Gasteiger partial charge in [0.25, 0.3) is 0 Å². The number of rotatable bonds is 4. The third-order valence-corrected chi connectivity index (χ3v) is 5.10. The first-order chi connectivity index (χ1) is 10.7. The SMILES string of the molecule is CCOC(=O)[C@]12CCC[C@H]1N(Cc1ccccc1)C(=O)CC2.F. The number of piperidine rings is 1. The predicted octanol–water partition coefficient (Wildman–Crippen LogP) is 3.06. The van der Waals surface area contributed by atoms with Crippen molar-refractivity contribution in [3.63, 3.8) is 0 Å². The number of halogens is 1. The first-order valence-electron chi connectivity index (χ1n) is 8.18. The van der Waals surface area contributed by atoms with Gasteiger partial charge in [0.2, 0.25) is 5.91 Å². The Bertz CT molecular complexity index is 563. The van der Waals surface area contributed by atoms with E-state index in [0.29, 0.717) is 26.0 Å². The Hall–Kier alpha value is -1.91. The van der Waals surface area contributed by atoms with Gasteiger partial charge in [0, 0.05) is 19.0 Å². The monoisotopic (exact) mass is 321 g/mol. The molecule has 0 spiro atoms. The Kier molecular flexibility index (Phi) is 5.39. The van der Waals surface area contributed by atoms with Crippen molar-refractivity contribution in [2.75, 3.05) is 6.61 Å². The van der Waals surface area contributed by atoms with Crippen molar-refractivity contribution in [1.29, 1.82) is 0 Å². The van der Waals surface area contributed by atoms with Gasteiger partial charge >= 0.3 is 5.97 Å². The molecule has 1 saturated carbocycles. The van der Waals surface area contributed by atoms with E-state index in [9.17, 15) is 9.59 Å². The molecule has 1 aromatic rings. The molecule has 126 valence electrons. The van der Waals surface area contributed by atoms with Crippen molar-refractivity contribution < 1.29 is 19.0 Å². The number of hydrogen-bond donors (Lipinski definition) is 0. The summed E-state index contributed by atoms with van der Waals surface area (Å²) in [6, 6.07) is 9.99. The summed E-state index contributed by atoms with van der Waals surface area (Å²) in [5.41, 5.74) is 0.640. The number of fused-ring (bicyclic) bond motifs is 1. The molecule has 5 heteroatoms. The topological polar surface area (TPSA) is 46.6 Å². The fourth-order valence-electron chi connectivity index (χ4n) is 4.04. The van der Waals surface area contributed by atoms with E-state index in [0.717, 1.165) is 24.8 Å². The molecule has 2 aliphatic rings. The molecule has 1 aliphatic heterocycles. The zero-order valence-corrected chi connectivity index (χ0v) is 13.5. The lowest BCUT2D eigenvalue weighted by atomic mass is 9.74. The Balaban J connectivity index is 0.00000192. The number of likely N-dealkylation sites (tertiary alicyclic amines) is 1. The van der Waals surface area contributed by atoms with E-state index >= 15 is 0 Å². The second-order valence-corrected chi connectivity index (χ2v) is 6.29. The van der Waals surface area contributed by atoms with Crippen LogP contribution in [-0.4, -0.2) is 29.4 Å². The Morgan fingerprint density at radius 1 is 1.30 bits per heavy atom. The van der Waals surface area contributed by atoms with Gasteiger partial charge in [0.1, 0.15) is 0 Å². The third kappa shape index (κ3) is 3.09. The van der Waals surface area contributed by atoms with Crippen LogP contribution in [0.25, 0.3) is 0 Å². The lowest BCUT2D eigenvalue weighted by Gasteiger charge is -2.44. The van der Waals surface area contributed by atoms with Crippen LogP contribution in [0.5, 0.6) is 0 Å². The number of hydrogen-bond acceptors (Lipinski definition) is 3. The standard InChI is InChI=1S/C18H23NO3.FH/c1-2-22-17(21)18-11-6-9-15(18)19(16(20)10-12-18)13-14-7-4-3-5-8-14;/h3-5,7-8,15H,2,6,9-13H2,1H3;1H/t15-,18+;/m1./s1. The van der Waals surface area contributed by atoms with Gasteiger partial charge in [-0.15, -0.1) is 0 Å². The summed E-state index contributed by atoms with van der Waals surface area (Å²) in [5, 5.41) is 0. The van der Waals surface area contributed by atoms with Gasteiger partial charge in [0.15, 0.2) is 0 Å². The van der Waals surface area contributed by atoms with Crippen molar-refractivity contribution >= 4 is 11.9 Å². The average molecular weight is 321 g/mol. The number of esters is 1. The van der Waals surface area contributed by atoms with Crippen molar-refractivity contribution in [3.05, 3.63) is 35.9 Å². The Morgan fingerprint density at radius 2 is 2.04 bits per heavy atom.